The Morgan fingerprint density at radius 3 is 2.41 bits per heavy atom. The Kier molecular flexibility index (Phi) is 6.28. The lowest BCUT2D eigenvalue weighted by atomic mass is 9.95. The highest BCUT2D eigenvalue weighted by Crippen LogP contribution is 2.21. The van der Waals surface area contributed by atoms with E-state index >= 15 is 0 Å². The number of rotatable bonds is 6. The summed E-state index contributed by atoms with van der Waals surface area (Å²) in [5.74, 6) is 0.401. The molecule has 0 radical (unpaired) electrons. The van der Waals surface area contributed by atoms with Crippen LogP contribution in [0.4, 0.5) is 0 Å². The summed E-state index contributed by atoms with van der Waals surface area (Å²) in [7, 11) is -2.02. The summed E-state index contributed by atoms with van der Waals surface area (Å²) >= 11 is 1.42. The third-order valence-electron chi connectivity index (χ3n) is 3.74. The SMILES string of the molecule is CNS(=O)(=O)c1ccc(SCC(=O)NC2CCCCC2)cc1. The topological polar surface area (TPSA) is 75.3 Å². The van der Waals surface area contributed by atoms with Crippen molar-refractivity contribution in [2.75, 3.05) is 12.8 Å². The van der Waals surface area contributed by atoms with Gasteiger partial charge in [-0.25, -0.2) is 13.1 Å². The van der Waals surface area contributed by atoms with Gasteiger partial charge in [0.1, 0.15) is 0 Å². The molecular weight excluding hydrogens is 320 g/mol. The summed E-state index contributed by atoms with van der Waals surface area (Å²) in [5, 5.41) is 3.07. The zero-order valence-corrected chi connectivity index (χ0v) is 14.3. The van der Waals surface area contributed by atoms with Gasteiger partial charge in [0.05, 0.1) is 10.6 Å². The third kappa shape index (κ3) is 5.00. The summed E-state index contributed by atoms with van der Waals surface area (Å²) in [6.07, 6.45) is 5.81. The van der Waals surface area contributed by atoms with E-state index in [1.165, 1.54) is 38.1 Å². The van der Waals surface area contributed by atoms with Gasteiger partial charge in [-0.1, -0.05) is 19.3 Å². The van der Waals surface area contributed by atoms with Crippen molar-refractivity contribution >= 4 is 27.7 Å². The molecule has 1 saturated carbocycles. The molecule has 1 aliphatic rings. The molecular formula is C15H22N2O3S2. The zero-order chi connectivity index (χ0) is 16.0. The van der Waals surface area contributed by atoms with Crippen molar-refractivity contribution in [3.8, 4) is 0 Å². The summed E-state index contributed by atoms with van der Waals surface area (Å²) in [4.78, 5) is 13.0. The van der Waals surface area contributed by atoms with Crippen LogP contribution in [0.1, 0.15) is 32.1 Å². The number of hydrogen-bond acceptors (Lipinski definition) is 4. The fourth-order valence-corrected chi connectivity index (χ4v) is 3.94. The summed E-state index contributed by atoms with van der Waals surface area (Å²) in [5.41, 5.74) is 0. The van der Waals surface area contributed by atoms with Crippen LogP contribution in [0.25, 0.3) is 0 Å². The standard InChI is InChI=1S/C15H22N2O3S2/c1-16-22(19,20)14-9-7-13(8-10-14)21-11-15(18)17-12-5-3-2-4-6-12/h7-10,12,16H,2-6,11H2,1H3,(H,17,18). The van der Waals surface area contributed by atoms with E-state index < -0.39 is 10.0 Å². The molecule has 2 rings (SSSR count). The van der Waals surface area contributed by atoms with Gasteiger partial charge in [0.25, 0.3) is 0 Å². The molecule has 1 amide bonds. The number of benzene rings is 1. The smallest absolute Gasteiger partial charge is 0.240 e. The summed E-state index contributed by atoms with van der Waals surface area (Å²) in [6, 6.07) is 6.87. The molecule has 0 atom stereocenters. The van der Waals surface area contributed by atoms with Gasteiger partial charge in [0.15, 0.2) is 0 Å². The fourth-order valence-electron chi connectivity index (χ4n) is 2.50. The number of carbonyl (C=O) groups excluding carboxylic acids is 1. The second kappa shape index (κ2) is 7.99. The highest BCUT2D eigenvalue weighted by molar-refractivity contribution is 8.00. The van der Waals surface area contributed by atoms with Gasteiger partial charge in [-0.15, -0.1) is 11.8 Å². The first-order valence-electron chi connectivity index (χ1n) is 7.47. The Balaban J connectivity index is 1.82. The van der Waals surface area contributed by atoms with Gasteiger partial charge in [-0.2, -0.15) is 0 Å². The Labute approximate surface area is 136 Å². The van der Waals surface area contributed by atoms with Crippen LogP contribution in [0.15, 0.2) is 34.1 Å². The number of carbonyl (C=O) groups is 1. The first-order valence-corrected chi connectivity index (χ1v) is 9.94. The molecule has 0 aromatic heterocycles. The molecule has 1 aromatic rings. The van der Waals surface area contributed by atoms with Crippen LogP contribution >= 0.6 is 11.8 Å². The van der Waals surface area contributed by atoms with Gasteiger partial charge in [0.2, 0.25) is 15.9 Å². The van der Waals surface area contributed by atoms with E-state index in [1.807, 2.05) is 0 Å². The lowest BCUT2D eigenvalue weighted by Crippen LogP contribution is -2.37. The van der Waals surface area contributed by atoms with Gasteiger partial charge < -0.3 is 5.32 Å². The van der Waals surface area contributed by atoms with Crippen LogP contribution in [0.2, 0.25) is 0 Å². The molecule has 7 heteroatoms. The molecule has 1 fully saturated rings. The number of amides is 1. The molecule has 0 bridgehead atoms. The molecule has 2 N–H and O–H groups in total. The molecule has 5 nitrogen and oxygen atoms in total. The van der Waals surface area contributed by atoms with Crippen molar-refractivity contribution < 1.29 is 13.2 Å². The average Bonchev–Trinajstić information content (AvgIpc) is 2.54. The molecule has 0 saturated heterocycles. The van der Waals surface area contributed by atoms with Crippen LogP contribution < -0.4 is 10.0 Å². The summed E-state index contributed by atoms with van der Waals surface area (Å²) in [6.45, 7) is 0. The van der Waals surface area contributed by atoms with Crippen molar-refractivity contribution in [2.45, 2.75) is 47.9 Å². The normalized spacial score (nSPS) is 16.4. The second-order valence-corrected chi connectivity index (χ2v) is 8.31. The minimum atomic E-state index is -3.40. The first-order chi connectivity index (χ1) is 10.5. The average molecular weight is 342 g/mol. The van der Waals surface area contributed by atoms with Crippen LogP contribution in [-0.4, -0.2) is 33.2 Å². The quantitative estimate of drug-likeness (QED) is 0.777. The van der Waals surface area contributed by atoms with Gasteiger partial charge in [0, 0.05) is 10.9 Å². The van der Waals surface area contributed by atoms with Gasteiger partial charge in [-0.05, 0) is 44.2 Å². The monoisotopic (exact) mass is 342 g/mol. The second-order valence-electron chi connectivity index (χ2n) is 5.37. The summed E-state index contributed by atoms with van der Waals surface area (Å²) < 4.78 is 25.5. The van der Waals surface area contributed by atoms with E-state index in [1.54, 1.807) is 24.3 Å². The van der Waals surface area contributed by atoms with E-state index in [9.17, 15) is 13.2 Å². The third-order valence-corrected chi connectivity index (χ3v) is 6.19. The van der Waals surface area contributed by atoms with E-state index in [2.05, 4.69) is 10.0 Å². The Bertz CT molecular complexity index is 594. The van der Waals surface area contributed by atoms with Crippen LogP contribution in [0, 0.1) is 0 Å². The molecule has 122 valence electrons. The molecule has 0 heterocycles. The minimum Gasteiger partial charge on any atom is -0.353 e. The fraction of sp³-hybridized carbons (Fsp3) is 0.533. The predicted octanol–water partition coefficient (Wildman–Crippen LogP) is 2.14. The van der Waals surface area contributed by atoms with Gasteiger partial charge in [-0.3, -0.25) is 4.79 Å². The lowest BCUT2D eigenvalue weighted by Gasteiger charge is -2.22. The van der Waals surface area contributed by atoms with Crippen molar-refractivity contribution in [3.63, 3.8) is 0 Å². The lowest BCUT2D eigenvalue weighted by molar-refractivity contribution is -0.119. The molecule has 0 unspecified atom stereocenters. The predicted molar refractivity (Wildman–Crippen MR) is 88.4 cm³/mol. The maximum atomic E-state index is 11.9. The Morgan fingerprint density at radius 1 is 1.18 bits per heavy atom. The van der Waals surface area contributed by atoms with Crippen LogP contribution in [0.5, 0.6) is 0 Å². The van der Waals surface area contributed by atoms with E-state index in [4.69, 9.17) is 0 Å². The first kappa shape index (κ1) is 17.3. The van der Waals surface area contributed by atoms with E-state index in [0.29, 0.717) is 11.8 Å². The number of thioether (sulfide) groups is 1. The molecule has 1 aliphatic carbocycles. The molecule has 1 aromatic carbocycles. The highest BCUT2D eigenvalue weighted by atomic mass is 32.2. The molecule has 0 aliphatic heterocycles. The van der Waals surface area contributed by atoms with Crippen molar-refractivity contribution in [1.82, 2.24) is 10.0 Å². The highest BCUT2D eigenvalue weighted by Gasteiger charge is 2.16. The van der Waals surface area contributed by atoms with Crippen LogP contribution in [-0.2, 0) is 14.8 Å². The van der Waals surface area contributed by atoms with E-state index in [-0.39, 0.29) is 10.8 Å². The number of sulfonamides is 1. The van der Waals surface area contributed by atoms with Crippen molar-refractivity contribution in [3.05, 3.63) is 24.3 Å². The maximum Gasteiger partial charge on any atom is 0.240 e. The van der Waals surface area contributed by atoms with Crippen molar-refractivity contribution in [1.29, 1.82) is 0 Å². The minimum absolute atomic E-state index is 0.0452. The van der Waals surface area contributed by atoms with Gasteiger partial charge >= 0.3 is 0 Å². The van der Waals surface area contributed by atoms with Crippen LogP contribution in [0.3, 0.4) is 0 Å². The number of hydrogen-bond donors (Lipinski definition) is 2. The molecule has 22 heavy (non-hydrogen) atoms. The largest absolute Gasteiger partial charge is 0.353 e. The Morgan fingerprint density at radius 2 is 1.82 bits per heavy atom. The molecule has 0 spiro atoms. The van der Waals surface area contributed by atoms with E-state index in [0.717, 1.165) is 17.7 Å². The Hall–Kier alpha value is -1.05. The maximum absolute atomic E-state index is 11.9. The zero-order valence-electron chi connectivity index (χ0n) is 12.7. The number of nitrogens with one attached hydrogen (secondary N) is 2. The van der Waals surface area contributed by atoms with Crippen molar-refractivity contribution in [2.24, 2.45) is 0 Å².